The van der Waals surface area contributed by atoms with E-state index in [-0.39, 0.29) is 0 Å². The molecular weight excluding hydrogens is 386 g/mol. The Bertz CT molecular complexity index is 1090. The third-order valence-electron chi connectivity index (χ3n) is 6.33. The molecule has 0 radical (unpaired) electrons. The largest absolute Gasteiger partial charge is 0.311 e. The van der Waals surface area contributed by atoms with Crippen molar-refractivity contribution in [2.45, 2.75) is 46.0 Å². The van der Waals surface area contributed by atoms with Crippen LogP contribution in [0.2, 0.25) is 0 Å². The Morgan fingerprint density at radius 1 is 0.594 bits per heavy atom. The van der Waals surface area contributed by atoms with E-state index in [0.717, 1.165) is 23.5 Å². The third kappa shape index (κ3) is 4.48. The highest BCUT2D eigenvalue weighted by Crippen LogP contribution is 2.39. The van der Waals surface area contributed by atoms with Crippen LogP contribution in [-0.4, -0.2) is 0 Å². The van der Waals surface area contributed by atoms with E-state index < -0.39 is 0 Å². The van der Waals surface area contributed by atoms with E-state index in [1.165, 1.54) is 22.3 Å². The van der Waals surface area contributed by atoms with Crippen LogP contribution < -0.4 is 4.90 Å². The van der Waals surface area contributed by atoms with Gasteiger partial charge in [0.2, 0.25) is 0 Å². The molecule has 0 aliphatic rings. The molecule has 4 rings (SSSR count). The molecule has 1 atom stereocenters. The molecule has 0 saturated heterocycles. The predicted molar refractivity (Wildman–Crippen MR) is 139 cm³/mol. The van der Waals surface area contributed by atoms with Gasteiger partial charge in [0.1, 0.15) is 0 Å². The Morgan fingerprint density at radius 2 is 1.12 bits per heavy atom. The lowest BCUT2D eigenvalue weighted by Gasteiger charge is -2.26. The topological polar surface area (TPSA) is 3.24 Å². The highest BCUT2D eigenvalue weighted by atomic mass is 15.1. The molecule has 0 N–H and O–H groups in total. The minimum atomic E-state index is 0.486. The molecule has 0 heterocycles. The number of anilines is 3. The second kappa shape index (κ2) is 9.87. The zero-order chi connectivity index (χ0) is 22.5. The molecule has 0 saturated carbocycles. The summed E-state index contributed by atoms with van der Waals surface area (Å²) in [5, 5.41) is 0. The summed E-state index contributed by atoms with van der Waals surface area (Å²) in [7, 11) is 0. The first-order chi connectivity index (χ1) is 15.6. The van der Waals surface area contributed by atoms with Gasteiger partial charge in [0, 0.05) is 17.1 Å². The second-order valence-electron chi connectivity index (χ2n) is 8.83. The molecule has 0 amide bonds. The standard InChI is InChI=1S/C31H33N/c1-5-24(4)29-17-12-18-30(31(29)23(2)3)25-19-21-28(22-20-25)32(26-13-8-6-9-14-26)27-15-10-7-11-16-27/h6-24H,5H2,1-4H3. The fourth-order valence-corrected chi connectivity index (χ4v) is 4.52. The Morgan fingerprint density at radius 3 is 1.62 bits per heavy atom. The van der Waals surface area contributed by atoms with Crippen LogP contribution in [0.15, 0.2) is 103 Å². The maximum absolute atomic E-state index is 2.34. The van der Waals surface area contributed by atoms with E-state index in [9.17, 15) is 0 Å². The molecule has 4 aromatic carbocycles. The van der Waals surface area contributed by atoms with Crippen LogP contribution in [0.4, 0.5) is 17.1 Å². The van der Waals surface area contributed by atoms with Crippen molar-refractivity contribution in [3.8, 4) is 11.1 Å². The molecule has 0 bridgehead atoms. The minimum absolute atomic E-state index is 0.486. The van der Waals surface area contributed by atoms with Gasteiger partial charge in [-0.1, -0.05) is 94.4 Å². The van der Waals surface area contributed by atoms with Gasteiger partial charge in [0.25, 0.3) is 0 Å². The molecule has 1 heteroatoms. The van der Waals surface area contributed by atoms with E-state index >= 15 is 0 Å². The highest BCUT2D eigenvalue weighted by molar-refractivity contribution is 5.79. The Labute approximate surface area is 193 Å². The monoisotopic (exact) mass is 419 g/mol. The van der Waals surface area contributed by atoms with Gasteiger partial charge in [-0.25, -0.2) is 0 Å². The van der Waals surface area contributed by atoms with Crippen LogP contribution in [0, 0.1) is 0 Å². The first kappa shape index (κ1) is 21.9. The average molecular weight is 420 g/mol. The molecular formula is C31H33N. The van der Waals surface area contributed by atoms with Crippen molar-refractivity contribution >= 4 is 17.1 Å². The summed E-state index contributed by atoms with van der Waals surface area (Å²) >= 11 is 0. The Hall–Kier alpha value is -3.32. The molecule has 1 unspecified atom stereocenters. The summed E-state index contributed by atoms with van der Waals surface area (Å²) in [4.78, 5) is 2.31. The maximum atomic E-state index is 2.34. The van der Waals surface area contributed by atoms with Gasteiger partial charge in [-0.05, 0) is 76.9 Å². The predicted octanol–water partition coefficient (Wildman–Crippen LogP) is 9.46. The molecule has 0 fully saturated rings. The van der Waals surface area contributed by atoms with Gasteiger partial charge in [-0.2, -0.15) is 0 Å². The Kier molecular flexibility index (Phi) is 6.75. The van der Waals surface area contributed by atoms with Crippen LogP contribution in [0.1, 0.15) is 57.1 Å². The fraction of sp³-hybridized carbons (Fsp3) is 0.226. The SMILES string of the molecule is CCC(C)c1cccc(-c2ccc(N(c3ccccc3)c3ccccc3)cc2)c1C(C)C. The van der Waals surface area contributed by atoms with Crippen molar-refractivity contribution in [3.63, 3.8) is 0 Å². The number of rotatable bonds is 7. The summed E-state index contributed by atoms with van der Waals surface area (Å²) in [6, 6.07) is 37.0. The second-order valence-corrected chi connectivity index (χ2v) is 8.83. The van der Waals surface area contributed by atoms with Gasteiger partial charge in [-0.3, -0.25) is 0 Å². The summed E-state index contributed by atoms with van der Waals surface area (Å²) in [6.45, 7) is 9.24. The zero-order valence-electron chi connectivity index (χ0n) is 19.6. The summed E-state index contributed by atoms with van der Waals surface area (Å²) in [5.74, 6) is 1.05. The van der Waals surface area contributed by atoms with E-state index in [2.05, 4.69) is 136 Å². The van der Waals surface area contributed by atoms with E-state index in [0.29, 0.717) is 11.8 Å². The van der Waals surface area contributed by atoms with Crippen LogP contribution in [0.3, 0.4) is 0 Å². The smallest absolute Gasteiger partial charge is 0.0462 e. The van der Waals surface area contributed by atoms with Crippen molar-refractivity contribution in [1.82, 2.24) is 0 Å². The van der Waals surface area contributed by atoms with Gasteiger partial charge < -0.3 is 4.90 Å². The zero-order valence-corrected chi connectivity index (χ0v) is 19.6. The quantitative estimate of drug-likeness (QED) is 0.288. The molecule has 1 nitrogen and oxygen atoms in total. The van der Waals surface area contributed by atoms with Crippen molar-refractivity contribution in [1.29, 1.82) is 0 Å². The molecule has 4 aromatic rings. The van der Waals surface area contributed by atoms with Crippen LogP contribution in [-0.2, 0) is 0 Å². The lowest BCUT2D eigenvalue weighted by Crippen LogP contribution is -2.09. The lowest BCUT2D eigenvalue weighted by atomic mass is 9.83. The van der Waals surface area contributed by atoms with Gasteiger partial charge in [0.05, 0.1) is 0 Å². The summed E-state index contributed by atoms with van der Waals surface area (Å²) < 4.78 is 0. The van der Waals surface area contributed by atoms with E-state index in [1.54, 1.807) is 0 Å². The summed E-state index contributed by atoms with van der Waals surface area (Å²) in [6.07, 6.45) is 1.16. The third-order valence-corrected chi connectivity index (χ3v) is 6.33. The van der Waals surface area contributed by atoms with Crippen molar-refractivity contribution in [2.75, 3.05) is 4.90 Å². The maximum Gasteiger partial charge on any atom is 0.0462 e. The van der Waals surface area contributed by atoms with Crippen molar-refractivity contribution in [2.24, 2.45) is 0 Å². The first-order valence-corrected chi connectivity index (χ1v) is 11.7. The van der Waals surface area contributed by atoms with Crippen LogP contribution >= 0.6 is 0 Å². The molecule has 162 valence electrons. The summed E-state index contributed by atoms with van der Waals surface area (Å²) in [5.41, 5.74) is 9.09. The van der Waals surface area contributed by atoms with E-state index in [1.807, 2.05) is 0 Å². The number of benzene rings is 4. The molecule has 0 spiro atoms. The number of para-hydroxylation sites is 2. The van der Waals surface area contributed by atoms with Gasteiger partial charge >= 0.3 is 0 Å². The van der Waals surface area contributed by atoms with Crippen molar-refractivity contribution < 1.29 is 0 Å². The van der Waals surface area contributed by atoms with Crippen molar-refractivity contribution in [3.05, 3.63) is 114 Å². The number of nitrogens with zero attached hydrogens (tertiary/aromatic N) is 1. The molecule has 32 heavy (non-hydrogen) atoms. The minimum Gasteiger partial charge on any atom is -0.311 e. The Balaban J connectivity index is 1.78. The van der Waals surface area contributed by atoms with E-state index in [4.69, 9.17) is 0 Å². The molecule has 0 aromatic heterocycles. The average Bonchev–Trinajstić information content (AvgIpc) is 2.85. The fourth-order valence-electron chi connectivity index (χ4n) is 4.52. The molecule has 0 aliphatic heterocycles. The van der Waals surface area contributed by atoms with Crippen LogP contribution in [0.25, 0.3) is 11.1 Å². The van der Waals surface area contributed by atoms with Gasteiger partial charge in [-0.15, -0.1) is 0 Å². The normalized spacial score (nSPS) is 12.0. The number of hydrogen-bond acceptors (Lipinski definition) is 1. The number of hydrogen-bond donors (Lipinski definition) is 0. The highest BCUT2D eigenvalue weighted by Gasteiger charge is 2.17. The van der Waals surface area contributed by atoms with Gasteiger partial charge in [0.15, 0.2) is 0 Å². The lowest BCUT2D eigenvalue weighted by molar-refractivity contribution is 0.709. The first-order valence-electron chi connectivity index (χ1n) is 11.7. The van der Waals surface area contributed by atoms with Crippen LogP contribution in [0.5, 0.6) is 0 Å². The molecule has 0 aliphatic carbocycles.